The number of hydrogen-bond acceptors (Lipinski definition) is 3. The number of aryl methyl sites for hydroxylation is 2. The van der Waals surface area contributed by atoms with E-state index in [1.807, 2.05) is 13.8 Å². The normalized spacial score (nSPS) is 16.7. The largest absolute Gasteiger partial charge is 0.422 e. The Morgan fingerprint density at radius 3 is 2.70 bits per heavy atom. The van der Waals surface area contributed by atoms with E-state index in [4.69, 9.17) is 9.15 Å². The highest BCUT2D eigenvalue weighted by Gasteiger charge is 2.17. The van der Waals surface area contributed by atoms with Crippen LogP contribution in [0.4, 0.5) is 0 Å². The van der Waals surface area contributed by atoms with E-state index in [2.05, 4.69) is 12.1 Å². The number of hydrogen-bond donors (Lipinski definition) is 1. The molecule has 4 heteroatoms. The van der Waals surface area contributed by atoms with Crippen molar-refractivity contribution < 1.29 is 14.1 Å². The first-order chi connectivity index (χ1) is 9.65. The predicted molar refractivity (Wildman–Crippen MR) is 77.2 cm³/mol. The Morgan fingerprint density at radius 2 is 1.95 bits per heavy atom. The van der Waals surface area contributed by atoms with E-state index in [-0.39, 0.29) is 5.63 Å². The van der Waals surface area contributed by atoms with Gasteiger partial charge in [-0.3, -0.25) is 0 Å². The zero-order valence-electron chi connectivity index (χ0n) is 12.0. The van der Waals surface area contributed by atoms with Crippen LogP contribution in [0.15, 0.2) is 27.4 Å². The quantitative estimate of drug-likeness (QED) is 0.825. The van der Waals surface area contributed by atoms with Gasteiger partial charge in [-0.15, -0.1) is 0 Å². The van der Waals surface area contributed by atoms with E-state index in [0.29, 0.717) is 0 Å². The molecule has 106 valence electrons. The highest BCUT2D eigenvalue weighted by Crippen LogP contribution is 2.22. The Labute approximate surface area is 118 Å². The summed E-state index contributed by atoms with van der Waals surface area (Å²) in [5.74, 6) is 0. The van der Waals surface area contributed by atoms with Gasteiger partial charge in [0.05, 0.1) is 13.2 Å². The van der Waals surface area contributed by atoms with Crippen molar-refractivity contribution in [2.75, 3.05) is 26.3 Å². The van der Waals surface area contributed by atoms with Gasteiger partial charge < -0.3 is 14.1 Å². The van der Waals surface area contributed by atoms with E-state index < -0.39 is 0 Å². The smallest absolute Gasteiger partial charge is 0.336 e. The fourth-order valence-corrected chi connectivity index (χ4v) is 2.78. The maximum absolute atomic E-state index is 11.8. The number of benzene rings is 1. The van der Waals surface area contributed by atoms with Gasteiger partial charge in [-0.2, -0.15) is 0 Å². The van der Waals surface area contributed by atoms with Crippen molar-refractivity contribution in [1.82, 2.24) is 0 Å². The first-order valence-corrected chi connectivity index (χ1v) is 7.09. The second kappa shape index (κ2) is 5.38. The third-order valence-electron chi connectivity index (χ3n) is 4.16. The summed E-state index contributed by atoms with van der Waals surface area (Å²) in [7, 11) is 0. The summed E-state index contributed by atoms with van der Waals surface area (Å²) in [5.41, 5.74) is 3.76. The third-order valence-corrected chi connectivity index (χ3v) is 4.16. The van der Waals surface area contributed by atoms with E-state index in [9.17, 15) is 4.79 Å². The summed E-state index contributed by atoms with van der Waals surface area (Å²) < 4.78 is 10.8. The Kier molecular flexibility index (Phi) is 3.59. The minimum Gasteiger partial charge on any atom is -0.422 e. The Bertz CT molecular complexity index is 684. The lowest BCUT2D eigenvalue weighted by molar-refractivity contribution is -0.921. The fraction of sp³-hybridized carbons (Fsp3) is 0.438. The van der Waals surface area contributed by atoms with Crippen molar-refractivity contribution in [2.45, 2.75) is 20.4 Å². The van der Waals surface area contributed by atoms with E-state index in [1.54, 1.807) is 6.07 Å². The Hall–Kier alpha value is -1.65. The van der Waals surface area contributed by atoms with Gasteiger partial charge in [0.2, 0.25) is 0 Å². The van der Waals surface area contributed by atoms with Crippen LogP contribution in [0.2, 0.25) is 0 Å². The van der Waals surface area contributed by atoms with Gasteiger partial charge in [-0.25, -0.2) is 4.79 Å². The summed E-state index contributed by atoms with van der Waals surface area (Å²) in [5, 5.41) is 1.06. The molecule has 20 heavy (non-hydrogen) atoms. The summed E-state index contributed by atoms with van der Waals surface area (Å²) in [6.07, 6.45) is 0. The van der Waals surface area contributed by atoms with Gasteiger partial charge in [0.1, 0.15) is 25.2 Å². The molecule has 1 aliphatic heterocycles. The molecule has 1 aliphatic rings. The van der Waals surface area contributed by atoms with E-state index in [1.165, 1.54) is 4.90 Å². The molecule has 0 radical (unpaired) electrons. The molecule has 3 rings (SSSR count). The van der Waals surface area contributed by atoms with Crippen LogP contribution >= 0.6 is 0 Å². The lowest BCUT2D eigenvalue weighted by Gasteiger charge is -2.24. The minimum absolute atomic E-state index is 0.256. The van der Waals surface area contributed by atoms with Gasteiger partial charge in [-0.1, -0.05) is 12.1 Å². The van der Waals surface area contributed by atoms with Gasteiger partial charge in [0.15, 0.2) is 0 Å². The van der Waals surface area contributed by atoms with Gasteiger partial charge >= 0.3 is 5.63 Å². The van der Waals surface area contributed by atoms with Crippen LogP contribution in [-0.2, 0) is 11.3 Å². The number of fused-ring (bicyclic) bond motifs is 1. The minimum atomic E-state index is -0.256. The first-order valence-electron chi connectivity index (χ1n) is 7.09. The second-order valence-electron chi connectivity index (χ2n) is 5.51. The van der Waals surface area contributed by atoms with Crippen LogP contribution in [0.1, 0.15) is 16.7 Å². The molecule has 1 N–H and O–H groups in total. The maximum atomic E-state index is 11.8. The highest BCUT2D eigenvalue weighted by atomic mass is 16.5. The predicted octanol–water partition coefficient (Wildman–Crippen LogP) is 0.825. The molecule has 0 bridgehead atoms. The fourth-order valence-electron chi connectivity index (χ4n) is 2.78. The summed E-state index contributed by atoms with van der Waals surface area (Å²) in [6.45, 7) is 8.48. The average Bonchev–Trinajstić information content (AvgIpc) is 2.44. The van der Waals surface area contributed by atoms with Crippen molar-refractivity contribution in [3.63, 3.8) is 0 Å². The van der Waals surface area contributed by atoms with Crippen molar-refractivity contribution in [2.24, 2.45) is 0 Å². The number of quaternary nitrogens is 1. The molecule has 0 spiro atoms. The molecule has 1 saturated heterocycles. The number of ether oxygens (including phenoxy) is 1. The van der Waals surface area contributed by atoms with Crippen LogP contribution in [-0.4, -0.2) is 26.3 Å². The SMILES string of the molecule is Cc1ccc2c(C[NH+]3CCOCC3)cc(=O)oc2c1C. The third kappa shape index (κ3) is 2.49. The summed E-state index contributed by atoms with van der Waals surface area (Å²) in [6, 6.07) is 5.80. The van der Waals surface area contributed by atoms with Crippen LogP contribution in [0.5, 0.6) is 0 Å². The Morgan fingerprint density at radius 1 is 1.20 bits per heavy atom. The topological polar surface area (TPSA) is 43.9 Å². The molecule has 2 aromatic rings. The number of rotatable bonds is 2. The molecule has 1 aromatic heterocycles. The zero-order chi connectivity index (χ0) is 14.1. The van der Waals surface area contributed by atoms with Crippen LogP contribution < -0.4 is 10.5 Å². The molecule has 4 nitrogen and oxygen atoms in total. The lowest BCUT2D eigenvalue weighted by atomic mass is 10.0. The molecular formula is C16H20NO3+. The molecule has 0 saturated carbocycles. The molecule has 0 amide bonds. The van der Waals surface area contributed by atoms with Gasteiger partial charge in [0, 0.05) is 17.0 Å². The maximum Gasteiger partial charge on any atom is 0.336 e. The van der Waals surface area contributed by atoms with Crippen molar-refractivity contribution in [3.05, 3.63) is 45.3 Å². The first kappa shape index (κ1) is 13.3. The van der Waals surface area contributed by atoms with E-state index in [0.717, 1.165) is 60.5 Å². The van der Waals surface area contributed by atoms with Crippen molar-refractivity contribution >= 4 is 11.0 Å². The Balaban J connectivity index is 2.05. The molecular weight excluding hydrogens is 254 g/mol. The average molecular weight is 274 g/mol. The van der Waals surface area contributed by atoms with Crippen molar-refractivity contribution in [1.29, 1.82) is 0 Å². The van der Waals surface area contributed by atoms with E-state index >= 15 is 0 Å². The number of nitrogens with one attached hydrogen (secondary N) is 1. The molecule has 1 aromatic carbocycles. The molecule has 0 atom stereocenters. The number of morpholine rings is 1. The highest BCUT2D eigenvalue weighted by molar-refractivity contribution is 5.83. The standard InChI is InChI=1S/C16H19NO3/c1-11-3-4-14-13(10-17-5-7-19-8-6-17)9-15(18)20-16(14)12(11)2/h3-4,9H,5-8,10H2,1-2H3/p+1. The molecule has 0 aliphatic carbocycles. The summed E-state index contributed by atoms with van der Waals surface area (Å²) >= 11 is 0. The zero-order valence-corrected chi connectivity index (χ0v) is 12.0. The monoisotopic (exact) mass is 274 g/mol. The van der Waals surface area contributed by atoms with Crippen LogP contribution in [0, 0.1) is 13.8 Å². The van der Waals surface area contributed by atoms with Crippen LogP contribution in [0.3, 0.4) is 0 Å². The van der Waals surface area contributed by atoms with Crippen molar-refractivity contribution in [3.8, 4) is 0 Å². The molecule has 1 fully saturated rings. The summed E-state index contributed by atoms with van der Waals surface area (Å²) in [4.78, 5) is 13.3. The van der Waals surface area contributed by atoms with Crippen LogP contribution in [0.25, 0.3) is 11.0 Å². The van der Waals surface area contributed by atoms with Gasteiger partial charge in [-0.05, 0) is 25.0 Å². The molecule has 2 heterocycles. The lowest BCUT2D eigenvalue weighted by Crippen LogP contribution is -3.12. The van der Waals surface area contributed by atoms with Gasteiger partial charge in [0.25, 0.3) is 0 Å². The molecule has 0 unspecified atom stereocenters. The second-order valence-corrected chi connectivity index (χ2v) is 5.51.